The summed E-state index contributed by atoms with van der Waals surface area (Å²) in [5, 5.41) is 3.35. The van der Waals surface area contributed by atoms with Gasteiger partial charge < -0.3 is 19.5 Å². The molecule has 0 heterocycles. The van der Waals surface area contributed by atoms with Crippen LogP contribution in [0.4, 0.5) is 0 Å². The molecule has 4 nitrogen and oxygen atoms in total. The van der Waals surface area contributed by atoms with Crippen LogP contribution >= 0.6 is 0 Å². The molecule has 0 saturated heterocycles. The number of ether oxygens (including phenoxy) is 3. The predicted molar refractivity (Wildman–Crippen MR) is 81.8 cm³/mol. The van der Waals surface area contributed by atoms with E-state index in [0.29, 0.717) is 12.5 Å². The molecular formula is C16H27NO3. The zero-order valence-corrected chi connectivity index (χ0v) is 13.1. The van der Waals surface area contributed by atoms with Crippen LogP contribution in [0.2, 0.25) is 0 Å². The van der Waals surface area contributed by atoms with Crippen LogP contribution in [0.25, 0.3) is 0 Å². The molecule has 1 N–H and O–H groups in total. The first kappa shape index (κ1) is 16.8. The molecule has 0 saturated carbocycles. The van der Waals surface area contributed by atoms with Gasteiger partial charge in [0.25, 0.3) is 0 Å². The molecular weight excluding hydrogens is 254 g/mol. The van der Waals surface area contributed by atoms with E-state index in [1.807, 2.05) is 18.2 Å². The van der Waals surface area contributed by atoms with Crippen molar-refractivity contribution < 1.29 is 14.2 Å². The first-order valence-corrected chi connectivity index (χ1v) is 7.16. The zero-order chi connectivity index (χ0) is 14.8. The van der Waals surface area contributed by atoms with E-state index in [0.717, 1.165) is 43.2 Å². The summed E-state index contributed by atoms with van der Waals surface area (Å²) in [6, 6.07) is 5.87. The second kappa shape index (κ2) is 9.61. The molecule has 1 aromatic rings. The van der Waals surface area contributed by atoms with Crippen molar-refractivity contribution in [1.82, 2.24) is 5.32 Å². The second-order valence-electron chi connectivity index (χ2n) is 5.14. The molecule has 0 radical (unpaired) electrons. The molecule has 114 valence electrons. The number of rotatable bonds is 10. The summed E-state index contributed by atoms with van der Waals surface area (Å²) in [6.07, 6.45) is 0.845. The summed E-state index contributed by atoms with van der Waals surface area (Å²) in [4.78, 5) is 0. The van der Waals surface area contributed by atoms with Gasteiger partial charge in [0, 0.05) is 12.6 Å². The van der Waals surface area contributed by atoms with Crippen molar-refractivity contribution in [3.8, 4) is 11.5 Å². The smallest absolute Gasteiger partial charge is 0.125 e. The van der Waals surface area contributed by atoms with Gasteiger partial charge in [-0.3, -0.25) is 0 Å². The van der Waals surface area contributed by atoms with E-state index in [-0.39, 0.29) is 0 Å². The lowest BCUT2D eigenvalue weighted by molar-refractivity contribution is 0.138. The quantitative estimate of drug-likeness (QED) is 0.669. The van der Waals surface area contributed by atoms with Crippen LogP contribution < -0.4 is 14.8 Å². The highest BCUT2D eigenvalue weighted by atomic mass is 16.5. The van der Waals surface area contributed by atoms with E-state index < -0.39 is 0 Å². The molecule has 0 atom stereocenters. The van der Waals surface area contributed by atoms with E-state index in [9.17, 15) is 0 Å². The Hall–Kier alpha value is -1.26. The van der Waals surface area contributed by atoms with E-state index in [1.165, 1.54) is 0 Å². The van der Waals surface area contributed by atoms with Crippen LogP contribution in [0.15, 0.2) is 18.2 Å². The van der Waals surface area contributed by atoms with Crippen LogP contribution in [0.5, 0.6) is 11.5 Å². The van der Waals surface area contributed by atoms with Gasteiger partial charge >= 0.3 is 0 Å². The summed E-state index contributed by atoms with van der Waals surface area (Å²) < 4.78 is 16.2. The molecule has 0 aliphatic carbocycles. The SMILES string of the molecule is COc1ccc(CCOCCNCC(C)C)c(OC)c1. The number of nitrogens with one attached hydrogen (secondary N) is 1. The van der Waals surface area contributed by atoms with Crippen LogP contribution in [0.3, 0.4) is 0 Å². The number of methoxy groups -OCH3 is 2. The molecule has 0 amide bonds. The maximum atomic E-state index is 5.63. The highest BCUT2D eigenvalue weighted by Gasteiger charge is 2.04. The van der Waals surface area contributed by atoms with E-state index in [4.69, 9.17) is 14.2 Å². The minimum absolute atomic E-state index is 0.679. The first-order chi connectivity index (χ1) is 9.67. The van der Waals surface area contributed by atoms with Crippen LogP contribution in [0, 0.1) is 5.92 Å². The van der Waals surface area contributed by atoms with Gasteiger partial charge in [-0.2, -0.15) is 0 Å². The molecule has 0 bridgehead atoms. The predicted octanol–water partition coefficient (Wildman–Crippen LogP) is 2.51. The Bertz CT molecular complexity index is 380. The minimum Gasteiger partial charge on any atom is -0.497 e. The van der Waals surface area contributed by atoms with Crippen molar-refractivity contribution in [2.24, 2.45) is 5.92 Å². The van der Waals surface area contributed by atoms with Gasteiger partial charge in [0.2, 0.25) is 0 Å². The standard InChI is InChI=1S/C16H27NO3/c1-13(2)12-17-8-10-20-9-7-14-5-6-15(18-3)11-16(14)19-4/h5-6,11,13,17H,7-10,12H2,1-4H3. The number of benzene rings is 1. The zero-order valence-electron chi connectivity index (χ0n) is 13.1. The van der Waals surface area contributed by atoms with Crippen molar-refractivity contribution in [2.75, 3.05) is 40.5 Å². The fraction of sp³-hybridized carbons (Fsp3) is 0.625. The number of hydrogen-bond donors (Lipinski definition) is 1. The summed E-state index contributed by atoms with van der Waals surface area (Å²) in [6.45, 7) is 7.78. The Kier molecular flexibility index (Phi) is 8.07. The Morgan fingerprint density at radius 3 is 2.55 bits per heavy atom. The topological polar surface area (TPSA) is 39.7 Å². The van der Waals surface area contributed by atoms with Gasteiger partial charge in [0.15, 0.2) is 0 Å². The molecule has 1 aromatic carbocycles. The van der Waals surface area contributed by atoms with E-state index in [1.54, 1.807) is 14.2 Å². The summed E-state index contributed by atoms with van der Waals surface area (Å²) >= 11 is 0. The van der Waals surface area contributed by atoms with Crippen molar-refractivity contribution in [1.29, 1.82) is 0 Å². The minimum atomic E-state index is 0.679. The van der Waals surface area contributed by atoms with E-state index in [2.05, 4.69) is 19.2 Å². The third kappa shape index (κ3) is 6.26. The van der Waals surface area contributed by atoms with Gasteiger partial charge in [-0.25, -0.2) is 0 Å². The van der Waals surface area contributed by atoms with Gasteiger partial charge in [-0.05, 0) is 30.5 Å². The maximum Gasteiger partial charge on any atom is 0.125 e. The summed E-state index contributed by atoms with van der Waals surface area (Å²) in [5.41, 5.74) is 1.14. The molecule has 0 aromatic heterocycles. The Morgan fingerprint density at radius 2 is 1.90 bits per heavy atom. The van der Waals surface area contributed by atoms with Crippen molar-refractivity contribution >= 4 is 0 Å². The van der Waals surface area contributed by atoms with Gasteiger partial charge in [0.1, 0.15) is 11.5 Å². The van der Waals surface area contributed by atoms with Crippen molar-refractivity contribution in [3.05, 3.63) is 23.8 Å². The molecule has 20 heavy (non-hydrogen) atoms. The van der Waals surface area contributed by atoms with Gasteiger partial charge in [-0.1, -0.05) is 19.9 Å². The van der Waals surface area contributed by atoms with E-state index >= 15 is 0 Å². The largest absolute Gasteiger partial charge is 0.497 e. The third-order valence-electron chi connectivity index (χ3n) is 2.99. The van der Waals surface area contributed by atoms with Crippen LogP contribution in [0.1, 0.15) is 19.4 Å². The van der Waals surface area contributed by atoms with Crippen LogP contribution in [-0.2, 0) is 11.2 Å². The third-order valence-corrected chi connectivity index (χ3v) is 2.99. The fourth-order valence-electron chi connectivity index (χ4n) is 1.88. The molecule has 0 aliphatic heterocycles. The molecule has 0 aliphatic rings. The molecule has 0 spiro atoms. The first-order valence-electron chi connectivity index (χ1n) is 7.16. The lowest BCUT2D eigenvalue weighted by Crippen LogP contribution is -2.24. The van der Waals surface area contributed by atoms with Gasteiger partial charge in [0.05, 0.1) is 27.4 Å². The molecule has 0 unspecified atom stereocenters. The van der Waals surface area contributed by atoms with Crippen LogP contribution in [-0.4, -0.2) is 40.5 Å². The maximum absolute atomic E-state index is 5.63. The summed E-state index contributed by atoms with van der Waals surface area (Å²) in [5.74, 6) is 2.34. The lowest BCUT2D eigenvalue weighted by atomic mass is 10.1. The Morgan fingerprint density at radius 1 is 1.10 bits per heavy atom. The second-order valence-corrected chi connectivity index (χ2v) is 5.14. The van der Waals surface area contributed by atoms with Gasteiger partial charge in [-0.15, -0.1) is 0 Å². The fourth-order valence-corrected chi connectivity index (χ4v) is 1.88. The highest BCUT2D eigenvalue weighted by Crippen LogP contribution is 2.24. The average Bonchev–Trinajstić information content (AvgIpc) is 2.46. The Balaban J connectivity index is 2.24. The van der Waals surface area contributed by atoms with Crippen molar-refractivity contribution in [3.63, 3.8) is 0 Å². The Labute approximate surface area is 122 Å². The van der Waals surface area contributed by atoms with Crippen molar-refractivity contribution in [2.45, 2.75) is 20.3 Å². The monoisotopic (exact) mass is 281 g/mol. The lowest BCUT2D eigenvalue weighted by Gasteiger charge is -2.11. The molecule has 1 rings (SSSR count). The normalized spacial score (nSPS) is 10.8. The molecule has 0 fully saturated rings. The highest BCUT2D eigenvalue weighted by molar-refractivity contribution is 5.40. The number of hydrogen-bond acceptors (Lipinski definition) is 4. The molecule has 4 heteroatoms. The average molecular weight is 281 g/mol. The summed E-state index contributed by atoms with van der Waals surface area (Å²) in [7, 11) is 3.33.